The van der Waals surface area contributed by atoms with Crippen molar-refractivity contribution < 1.29 is 19.4 Å². The van der Waals surface area contributed by atoms with Crippen LogP contribution in [0.3, 0.4) is 0 Å². The summed E-state index contributed by atoms with van der Waals surface area (Å²) in [6.45, 7) is 0. The highest BCUT2D eigenvalue weighted by molar-refractivity contribution is 14.1. The van der Waals surface area contributed by atoms with Crippen LogP contribution >= 0.6 is 34.2 Å². The maximum atomic E-state index is 12.3. The van der Waals surface area contributed by atoms with Crippen molar-refractivity contribution in [1.82, 2.24) is 5.32 Å². The molecule has 0 aliphatic carbocycles. The number of para-hydroxylation sites is 1. The number of rotatable bonds is 6. The van der Waals surface area contributed by atoms with Crippen molar-refractivity contribution in [2.24, 2.45) is 0 Å². The fraction of sp³-hybridized carbons (Fsp3) is 0. The number of hydrogen-bond acceptors (Lipinski definition) is 3. The molecule has 3 rings (SSSR count). The van der Waals surface area contributed by atoms with Crippen LogP contribution in [0.5, 0.6) is 11.5 Å². The molecule has 1 amide bonds. The quantitative estimate of drug-likeness (QED) is 0.329. The van der Waals surface area contributed by atoms with E-state index in [4.69, 9.17) is 16.3 Å². The van der Waals surface area contributed by atoms with Crippen LogP contribution in [0.1, 0.15) is 15.9 Å². The van der Waals surface area contributed by atoms with Gasteiger partial charge in [0.05, 0.1) is 3.57 Å². The number of ether oxygens (including phenoxy) is 1. The molecule has 146 valence electrons. The van der Waals surface area contributed by atoms with E-state index in [9.17, 15) is 14.7 Å². The van der Waals surface area contributed by atoms with Gasteiger partial charge < -0.3 is 15.2 Å². The summed E-state index contributed by atoms with van der Waals surface area (Å²) in [6, 6.07) is 20.7. The van der Waals surface area contributed by atoms with Crippen molar-refractivity contribution in [3.63, 3.8) is 0 Å². The number of amides is 1. The zero-order valence-electron chi connectivity index (χ0n) is 14.9. The second-order valence-electron chi connectivity index (χ2n) is 5.93. The Morgan fingerprint density at radius 2 is 1.62 bits per heavy atom. The van der Waals surface area contributed by atoms with E-state index in [-0.39, 0.29) is 5.70 Å². The van der Waals surface area contributed by atoms with Crippen molar-refractivity contribution in [1.29, 1.82) is 0 Å². The number of benzene rings is 3. The highest BCUT2D eigenvalue weighted by atomic mass is 127. The van der Waals surface area contributed by atoms with E-state index in [1.54, 1.807) is 36.4 Å². The molecular formula is C22H15ClINO4. The number of carboxylic acids is 1. The fourth-order valence-electron chi connectivity index (χ4n) is 2.40. The average molecular weight is 520 g/mol. The molecule has 3 aromatic rings. The summed E-state index contributed by atoms with van der Waals surface area (Å²) in [6.07, 6.45) is 1.38. The van der Waals surface area contributed by atoms with Gasteiger partial charge in [0, 0.05) is 10.6 Å². The molecule has 0 aromatic heterocycles. The number of carboxylic acid groups (broad SMARTS) is 1. The van der Waals surface area contributed by atoms with Gasteiger partial charge in [-0.3, -0.25) is 4.79 Å². The Morgan fingerprint density at radius 1 is 0.966 bits per heavy atom. The number of carbonyl (C=O) groups excluding carboxylic acids is 1. The van der Waals surface area contributed by atoms with E-state index in [1.165, 1.54) is 18.2 Å². The minimum atomic E-state index is -1.24. The van der Waals surface area contributed by atoms with Gasteiger partial charge in [0.1, 0.15) is 17.2 Å². The molecule has 0 aliphatic heterocycles. The predicted octanol–water partition coefficient (Wildman–Crippen LogP) is 5.59. The maximum Gasteiger partial charge on any atom is 0.352 e. The Bertz CT molecular complexity index is 1060. The lowest BCUT2D eigenvalue weighted by Gasteiger charge is -2.09. The molecule has 0 fully saturated rings. The first kappa shape index (κ1) is 20.9. The van der Waals surface area contributed by atoms with Crippen molar-refractivity contribution in [2.45, 2.75) is 0 Å². The summed E-state index contributed by atoms with van der Waals surface area (Å²) in [5, 5.41) is 12.3. The molecule has 0 saturated heterocycles. The van der Waals surface area contributed by atoms with Crippen molar-refractivity contribution in [3.05, 3.63) is 98.2 Å². The van der Waals surface area contributed by atoms with Gasteiger partial charge in [-0.15, -0.1) is 0 Å². The van der Waals surface area contributed by atoms with Gasteiger partial charge in [-0.2, -0.15) is 0 Å². The Morgan fingerprint density at radius 3 is 2.24 bits per heavy atom. The van der Waals surface area contributed by atoms with Crippen LogP contribution in [0.2, 0.25) is 5.02 Å². The Labute approximate surface area is 186 Å². The van der Waals surface area contributed by atoms with E-state index in [2.05, 4.69) is 27.9 Å². The lowest BCUT2D eigenvalue weighted by atomic mass is 10.1. The highest BCUT2D eigenvalue weighted by Crippen LogP contribution is 2.26. The van der Waals surface area contributed by atoms with E-state index < -0.39 is 11.9 Å². The SMILES string of the molecule is O=C(O)/C(=C/c1ccc(Oc2ccccc2I)cc1)NC(=O)c1ccc(Cl)cc1. The molecule has 3 aromatic carbocycles. The van der Waals surface area contributed by atoms with E-state index in [1.807, 2.05) is 24.3 Å². The molecule has 0 atom stereocenters. The Hall–Kier alpha value is -2.84. The first-order chi connectivity index (χ1) is 13.9. The normalized spacial score (nSPS) is 11.0. The van der Waals surface area contributed by atoms with Crippen LogP contribution in [0.4, 0.5) is 0 Å². The monoisotopic (exact) mass is 519 g/mol. The van der Waals surface area contributed by atoms with Gasteiger partial charge in [0.25, 0.3) is 5.91 Å². The van der Waals surface area contributed by atoms with E-state index in [0.29, 0.717) is 21.9 Å². The van der Waals surface area contributed by atoms with Crippen molar-refractivity contribution in [3.8, 4) is 11.5 Å². The third-order valence-corrected chi connectivity index (χ3v) is 4.98. The summed E-state index contributed by atoms with van der Waals surface area (Å²) < 4.78 is 6.80. The zero-order chi connectivity index (χ0) is 20.8. The minimum Gasteiger partial charge on any atom is -0.477 e. The molecular weight excluding hydrogens is 505 g/mol. The Balaban J connectivity index is 1.75. The maximum absolute atomic E-state index is 12.3. The fourth-order valence-corrected chi connectivity index (χ4v) is 3.02. The first-order valence-corrected chi connectivity index (χ1v) is 9.92. The number of aliphatic carboxylic acids is 1. The van der Waals surface area contributed by atoms with E-state index >= 15 is 0 Å². The molecule has 0 aliphatic rings. The molecule has 2 N–H and O–H groups in total. The summed E-state index contributed by atoms with van der Waals surface area (Å²) in [5.74, 6) is -0.424. The summed E-state index contributed by atoms with van der Waals surface area (Å²) in [7, 11) is 0. The lowest BCUT2D eigenvalue weighted by Crippen LogP contribution is -2.27. The number of hydrogen-bond donors (Lipinski definition) is 2. The molecule has 7 heteroatoms. The highest BCUT2D eigenvalue weighted by Gasteiger charge is 2.13. The van der Waals surface area contributed by atoms with Crippen molar-refractivity contribution in [2.75, 3.05) is 0 Å². The number of nitrogens with one attached hydrogen (secondary N) is 1. The van der Waals surface area contributed by atoms with Crippen LogP contribution in [0, 0.1) is 3.57 Å². The van der Waals surface area contributed by atoms with Gasteiger partial charge in [-0.1, -0.05) is 35.9 Å². The van der Waals surface area contributed by atoms with Crippen LogP contribution < -0.4 is 10.1 Å². The average Bonchev–Trinajstić information content (AvgIpc) is 2.71. The predicted molar refractivity (Wildman–Crippen MR) is 120 cm³/mol. The topological polar surface area (TPSA) is 75.6 Å². The van der Waals surface area contributed by atoms with Gasteiger partial charge in [-0.05, 0) is 82.8 Å². The Kier molecular flexibility index (Phi) is 6.90. The van der Waals surface area contributed by atoms with Crippen LogP contribution in [-0.4, -0.2) is 17.0 Å². The second-order valence-corrected chi connectivity index (χ2v) is 7.52. The second kappa shape index (κ2) is 9.58. The van der Waals surface area contributed by atoms with Crippen LogP contribution in [0.25, 0.3) is 6.08 Å². The van der Waals surface area contributed by atoms with Gasteiger partial charge in [0.2, 0.25) is 0 Å². The molecule has 5 nitrogen and oxygen atoms in total. The molecule has 0 bridgehead atoms. The third-order valence-electron chi connectivity index (χ3n) is 3.84. The van der Waals surface area contributed by atoms with Gasteiger partial charge in [0.15, 0.2) is 0 Å². The molecule has 0 spiro atoms. The smallest absolute Gasteiger partial charge is 0.352 e. The van der Waals surface area contributed by atoms with Gasteiger partial charge in [-0.25, -0.2) is 4.79 Å². The summed E-state index contributed by atoms with van der Waals surface area (Å²) >= 11 is 7.99. The molecule has 29 heavy (non-hydrogen) atoms. The zero-order valence-corrected chi connectivity index (χ0v) is 17.8. The third kappa shape index (κ3) is 5.82. The molecule has 0 heterocycles. The lowest BCUT2D eigenvalue weighted by molar-refractivity contribution is -0.132. The van der Waals surface area contributed by atoms with Crippen LogP contribution in [0.15, 0.2) is 78.5 Å². The largest absolute Gasteiger partial charge is 0.477 e. The van der Waals surface area contributed by atoms with E-state index in [0.717, 1.165) is 9.32 Å². The van der Waals surface area contributed by atoms with Crippen LogP contribution in [-0.2, 0) is 4.79 Å². The first-order valence-electron chi connectivity index (χ1n) is 8.47. The summed E-state index contributed by atoms with van der Waals surface area (Å²) in [5.41, 5.74) is 0.674. The number of carbonyl (C=O) groups is 2. The molecule has 0 unspecified atom stereocenters. The molecule has 0 saturated carbocycles. The summed E-state index contributed by atoms with van der Waals surface area (Å²) in [4.78, 5) is 23.8. The van der Waals surface area contributed by atoms with Crippen molar-refractivity contribution >= 4 is 52.1 Å². The standard InChI is InChI=1S/C22H15ClINO4/c23-16-9-7-15(8-10-16)21(26)25-19(22(27)28)13-14-5-11-17(12-6-14)29-20-4-2-1-3-18(20)24/h1-13H,(H,25,26)(H,27,28)/b19-13-. The van der Waals surface area contributed by atoms with Gasteiger partial charge >= 0.3 is 5.97 Å². The molecule has 0 radical (unpaired) electrons. The number of halogens is 2. The minimum absolute atomic E-state index is 0.240.